The van der Waals surface area contributed by atoms with Crippen molar-refractivity contribution in [2.24, 2.45) is 0 Å². The number of aromatic nitrogens is 1. The van der Waals surface area contributed by atoms with Crippen LogP contribution in [-0.4, -0.2) is 59.8 Å². The number of likely N-dealkylation sites (N-methyl/N-ethyl adjacent to an activating group) is 1. The number of rotatable bonds is 4. The van der Waals surface area contributed by atoms with Crippen molar-refractivity contribution < 1.29 is 9.90 Å². The molecule has 2 atom stereocenters. The molecule has 1 aliphatic rings. The van der Waals surface area contributed by atoms with Crippen LogP contribution < -0.4 is 10.2 Å². The van der Waals surface area contributed by atoms with E-state index < -0.39 is 6.10 Å². The van der Waals surface area contributed by atoms with Gasteiger partial charge in [-0.05, 0) is 25.5 Å². The van der Waals surface area contributed by atoms with Crippen LogP contribution >= 0.6 is 11.6 Å². The zero-order valence-electron chi connectivity index (χ0n) is 12.3. The highest BCUT2D eigenvalue weighted by atomic mass is 35.5. The second-order valence-corrected chi connectivity index (χ2v) is 5.83. The van der Waals surface area contributed by atoms with E-state index in [-0.39, 0.29) is 12.1 Å². The van der Waals surface area contributed by atoms with E-state index in [0.29, 0.717) is 18.1 Å². The van der Waals surface area contributed by atoms with Gasteiger partial charge in [-0.2, -0.15) is 0 Å². The van der Waals surface area contributed by atoms with Gasteiger partial charge in [0.2, 0.25) is 0 Å². The third-order valence-corrected chi connectivity index (χ3v) is 3.73. The molecule has 116 valence electrons. The number of nitrogens with zero attached hydrogens (tertiary/aromatic N) is 3. The number of halogens is 1. The number of anilines is 1. The first-order valence-corrected chi connectivity index (χ1v) is 7.40. The highest BCUT2D eigenvalue weighted by Crippen LogP contribution is 2.25. The van der Waals surface area contributed by atoms with Gasteiger partial charge in [-0.15, -0.1) is 0 Å². The average molecular weight is 313 g/mol. The third-order valence-electron chi connectivity index (χ3n) is 3.44. The van der Waals surface area contributed by atoms with Gasteiger partial charge < -0.3 is 20.2 Å². The molecule has 0 bridgehead atoms. The summed E-state index contributed by atoms with van der Waals surface area (Å²) in [5.41, 5.74) is 0. The maximum Gasteiger partial charge on any atom is 0.317 e. The molecule has 0 aliphatic carbocycles. The quantitative estimate of drug-likeness (QED) is 0.880. The van der Waals surface area contributed by atoms with E-state index in [1.165, 1.54) is 4.90 Å². The first-order valence-electron chi connectivity index (χ1n) is 7.02. The molecule has 2 unspecified atom stereocenters. The van der Waals surface area contributed by atoms with E-state index in [2.05, 4.69) is 15.2 Å². The Balaban J connectivity index is 1.88. The average Bonchev–Trinajstić information content (AvgIpc) is 2.86. The van der Waals surface area contributed by atoms with E-state index in [9.17, 15) is 9.90 Å². The number of amides is 2. The van der Waals surface area contributed by atoms with Gasteiger partial charge in [0.1, 0.15) is 5.82 Å². The number of nitrogens with one attached hydrogen (secondary N) is 1. The first-order chi connectivity index (χ1) is 9.97. The highest BCUT2D eigenvalue weighted by molar-refractivity contribution is 6.32. The molecular weight excluding hydrogens is 292 g/mol. The SMILES string of the molecule is CC(O)CN(C)C(=O)NC1CCN(c2ncccc2Cl)C1. The van der Waals surface area contributed by atoms with Gasteiger partial charge >= 0.3 is 6.03 Å². The van der Waals surface area contributed by atoms with E-state index in [1.54, 1.807) is 26.2 Å². The molecule has 1 aromatic heterocycles. The molecule has 0 radical (unpaired) electrons. The van der Waals surface area contributed by atoms with Crippen LogP contribution in [0.2, 0.25) is 5.02 Å². The summed E-state index contributed by atoms with van der Waals surface area (Å²) in [6.07, 6.45) is 2.03. The minimum absolute atomic E-state index is 0.0621. The number of urea groups is 1. The molecule has 1 aliphatic heterocycles. The molecule has 2 amide bonds. The molecule has 1 aromatic rings. The minimum atomic E-state index is -0.534. The number of aliphatic hydroxyl groups excluding tert-OH is 1. The van der Waals surface area contributed by atoms with Gasteiger partial charge in [0.25, 0.3) is 0 Å². The van der Waals surface area contributed by atoms with Crippen molar-refractivity contribution in [1.29, 1.82) is 0 Å². The predicted octanol–water partition coefficient (Wildman–Crippen LogP) is 1.34. The van der Waals surface area contributed by atoms with Crippen LogP contribution in [0.5, 0.6) is 0 Å². The van der Waals surface area contributed by atoms with Crippen LogP contribution in [0.1, 0.15) is 13.3 Å². The molecule has 6 nitrogen and oxygen atoms in total. The van der Waals surface area contributed by atoms with Crippen molar-refractivity contribution >= 4 is 23.4 Å². The third kappa shape index (κ3) is 4.22. The molecule has 1 saturated heterocycles. The van der Waals surface area contributed by atoms with Crippen LogP contribution in [-0.2, 0) is 0 Å². The van der Waals surface area contributed by atoms with Crippen molar-refractivity contribution in [3.05, 3.63) is 23.4 Å². The zero-order chi connectivity index (χ0) is 15.4. The van der Waals surface area contributed by atoms with Crippen LogP contribution in [0.15, 0.2) is 18.3 Å². The Kier molecular flexibility index (Phi) is 5.25. The van der Waals surface area contributed by atoms with Crippen LogP contribution in [0.3, 0.4) is 0 Å². The van der Waals surface area contributed by atoms with Gasteiger partial charge in [-0.25, -0.2) is 9.78 Å². The second kappa shape index (κ2) is 6.95. The van der Waals surface area contributed by atoms with E-state index >= 15 is 0 Å². The Labute approximate surface area is 129 Å². The summed E-state index contributed by atoms with van der Waals surface area (Å²) < 4.78 is 0. The van der Waals surface area contributed by atoms with E-state index in [1.807, 2.05) is 6.07 Å². The van der Waals surface area contributed by atoms with Gasteiger partial charge in [0.15, 0.2) is 0 Å². The standard InChI is InChI=1S/C14H21ClN4O2/c1-10(20)8-18(2)14(21)17-11-5-7-19(9-11)13-12(15)4-3-6-16-13/h3-4,6,10-11,20H,5,7-9H2,1-2H3,(H,17,21). The Morgan fingerprint density at radius 3 is 3.14 bits per heavy atom. The summed E-state index contributed by atoms with van der Waals surface area (Å²) in [6.45, 7) is 3.46. The minimum Gasteiger partial charge on any atom is -0.392 e. The molecule has 0 saturated carbocycles. The lowest BCUT2D eigenvalue weighted by Gasteiger charge is -2.23. The largest absolute Gasteiger partial charge is 0.392 e. The lowest BCUT2D eigenvalue weighted by atomic mass is 10.3. The molecule has 0 aromatic carbocycles. The number of hydrogen-bond acceptors (Lipinski definition) is 4. The summed E-state index contributed by atoms with van der Waals surface area (Å²) in [7, 11) is 1.67. The summed E-state index contributed by atoms with van der Waals surface area (Å²) in [5, 5.41) is 12.9. The van der Waals surface area contributed by atoms with Crippen molar-refractivity contribution in [2.75, 3.05) is 31.6 Å². The number of carbonyl (C=O) groups is 1. The van der Waals surface area contributed by atoms with Gasteiger partial charge in [-0.1, -0.05) is 11.6 Å². The number of aliphatic hydroxyl groups is 1. The Bertz CT molecular complexity index is 498. The number of carbonyl (C=O) groups excluding carboxylic acids is 1. The fourth-order valence-electron chi connectivity index (χ4n) is 2.44. The molecule has 21 heavy (non-hydrogen) atoms. The maximum atomic E-state index is 12.0. The summed E-state index contributed by atoms with van der Waals surface area (Å²) in [4.78, 5) is 19.8. The van der Waals surface area contributed by atoms with Crippen LogP contribution in [0.25, 0.3) is 0 Å². The van der Waals surface area contributed by atoms with Crippen molar-refractivity contribution in [2.45, 2.75) is 25.5 Å². The van der Waals surface area contributed by atoms with E-state index in [4.69, 9.17) is 11.6 Å². The normalized spacial score (nSPS) is 19.4. The molecule has 1 fully saturated rings. The Morgan fingerprint density at radius 2 is 2.48 bits per heavy atom. The van der Waals surface area contributed by atoms with Gasteiger partial charge in [0.05, 0.1) is 11.1 Å². The second-order valence-electron chi connectivity index (χ2n) is 5.42. The molecular formula is C14H21ClN4O2. The number of pyridine rings is 1. The monoisotopic (exact) mass is 312 g/mol. The Hall–Kier alpha value is -1.53. The smallest absolute Gasteiger partial charge is 0.317 e. The molecule has 2 N–H and O–H groups in total. The maximum absolute atomic E-state index is 12.0. The van der Waals surface area contributed by atoms with Gasteiger partial charge in [0, 0.05) is 38.9 Å². The summed E-state index contributed by atoms with van der Waals surface area (Å²) >= 11 is 6.14. The van der Waals surface area contributed by atoms with Crippen molar-refractivity contribution in [3.63, 3.8) is 0 Å². The topological polar surface area (TPSA) is 68.7 Å². The first kappa shape index (κ1) is 15.9. The molecule has 2 heterocycles. The zero-order valence-corrected chi connectivity index (χ0v) is 13.0. The molecule has 7 heteroatoms. The van der Waals surface area contributed by atoms with Crippen molar-refractivity contribution in [1.82, 2.24) is 15.2 Å². The highest BCUT2D eigenvalue weighted by Gasteiger charge is 2.26. The predicted molar refractivity (Wildman–Crippen MR) is 82.7 cm³/mol. The number of hydrogen-bond donors (Lipinski definition) is 2. The summed E-state index contributed by atoms with van der Waals surface area (Å²) in [5.74, 6) is 0.758. The van der Waals surface area contributed by atoms with Crippen LogP contribution in [0.4, 0.5) is 10.6 Å². The van der Waals surface area contributed by atoms with Gasteiger partial charge in [-0.3, -0.25) is 0 Å². The fourth-order valence-corrected chi connectivity index (χ4v) is 2.69. The lowest BCUT2D eigenvalue weighted by Crippen LogP contribution is -2.46. The summed E-state index contributed by atoms with van der Waals surface area (Å²) in [6, 6.07) is 3.50. The van der Waals surface area contributed by atoms with Crippen LogP contribution in [0, 0.1) is 0 Å². The molecule has 0 spiro atoms. The molecule has 2 rings (SSSR count). The lowest BCUT2D eigenvalue weighted by molar-refractivity contribution is 0.142. The van der Waals surface area contributed by atoms with E-state index in [0.717, 1.165) is 18.8 Å². The Morgan fingerprint density at radius 1 is 1.71 bits per heavy atom. The fraction of sp³-hybridized carbons (Fsp3) is 0.571. The van der Waals surface area contributed by atoms with Crippen molar-refractivity contribution in [3.8, 4) is 0 Å².